The Morgan fingerprint density at radius 1 is 0.833 bits per heavy atom. The lowest BCUT2D eigenvalue weighted by Gasteiger charge is -2.04. The fourth-order valence-electron chi connectivity index (χ4n) is 0.383. The smallest absolute Gasteiger partial charge is 0.208 e. The van der Waals surface area contributed by atoms with E-state index in [4.69, 9.17) is 0 Å². The zero-order chi connectivity index (χ0) is 10.2. The summed E-state index contributed by atoms with van der Waals surface area (Å²) < 4.78 is 80.9. The summed E-state index contributed by atoms with van der Waals surface area (Å²) in [5.74, 6) is 0. The molecule has 0 aromatic rings. The van der Waals surface area contributed by atoms with Crippen LogP contribution in [0.1, 0.15) is 0 Å². The second-order valence-corrected chi connectivity index (χ2v) is 4.87. The molecule has 0 fully saturated rings. The van der Waals surface area contributed by atoms with Crippen molar-refractivity contribution < 1.29 is 33.4 Å². The molecule has 0 aliphatic heterocycles. The van der Waals surface area contributed by atoms with Gasteiger partial charge in [0.1, 0.15) is 0 Å². The Bertz CT molecular complexity index is 309. The highest BCUT2D eigenvalue weighted by molar-refractivity contribution is 8.04. The zero-order valence-electron chi connectivity index (χ0n) is 5.12. The summed E-state index contributed by atoms with van der Waals surface area (Å²) in [5.41, 5.74) is 0. The zero-order valence-corrected chi connectivity index (χ0v) is 6.75. The minimum absolute atomic E-state index is 3.94. The quantitative estimate of drug-likeness (QED) is 0.512. The van der Waals surface area contributed by atoms with Gasteiger partial charge in [-0.1, -0.05) is 0 Å². The van der Waals surface area contributed by atoms with Crippen LogP contribution in [0, 0.1) is 0 Å². The van der Waals surface area contributed by atoms with E-state index in [1.807, 2.05) is 0 Å². The second kappa shape index (κ2) is 3.17. The van der Waals surface area contributed by atoms with E-state index >= 15 is 0 Å². The average Bonchev–Trinajstić information content (AvgIpc) is 1.49. The summed E-state index contributed by atoms with van der Waals surface area (Å²) in [7, 11) is -12.3. The van der Waals surface area contributed by atoms with Gasteiger partial charge < -0.3 is 0 Å². The Morgan fingerprint density at radius 3 is 1.08 bits per heavy atom. The molecule has 12 heavy (non-hydrogen) atoms. The predicted octanol–water partition coefficient (Wildman–Crippen LogP) is 0.176. The number of rotatable bonds is 3. The molecule has 0 spiro atoms. The molecule has 0 aromatic heterocycles. The van der Waals surface area contributed by atoms with Crippen LogP contribution in [0.2, 0.25) is 0 Å². The Hall–Kier alpha value is -0.380. The molecule has 74 valence electrons. The van der Waals surface area contributed by atoms with Crippen molar-refractivity contribution in [2.45, 2.75) is 11.0 Å². The van der Waals surface area contributed by atoms with Crippen molar-refractivity contribution >= 4 is 20.4 Å². The molecular weight excluding hydrogens is 228 g/mol. The van der Waals surface area contributed by atoms with E-state index in [9.17, 15) is 33.4 Å². The fourth-order valence-corrected chi connectivity index (χ4v) is 1.97. The third-order valence-corrected chi connectivity index (χ3v) is 3.66. The molecule has 0 heterocycles. The number of halogens is 4. The Kier molecular flexibility index (Phi) is 3.07. The van der Waals surface area contributed by atoms with Gasteiger partial charge in [0.05, 0.1) is 0 Å². The summed E-state index contributed by atoms with van der Waals surface area (Å²) in [6.07, 6.45) is -4.16. The molecule has 10 heteroatoms. The summed E-state index contributed by atoms with van der Waals surface area (Å²) in [6.45, 7) is 0. The largest absolute Gasteiger partial charge is 0.328 e. The maximum Gasteiger partial charge on any atom is 0.328 e. The molecule has 0 radical (unpaired) electrons. The van der Waals surface area contributed by atoms with Crippen LogP contribution in [0.3, 0.4) is 0 Å². The first kappa shape index (κ1) is 11.6. The summed E-state index contributed by atoms with van der Waals surface area (Å²) in [6, 6.07) is 0. The lowest BCUT2D eigenvalue weighted by Crippen LogP contribution is -2.31. The van der Waals surface area contributed by atoms with E-state index in [0.29, 0.717) is 0 Å². The van der Waals surface area contributed by atoms with E-state index in [1.54, 1.807) is 0 Å². The van der Waals surface area contributed by atoms with Crippen LogP contribution in [-0.4, -0.2) is 27.8 Å². The van der Waals surface area contributed by atoms with Crippen molar-refractivity contribution in [3.63, 3.8) is 0 Å². The van der Waals surface area contributed by atoms with Gasteiger partial charge in [0.2, 0.25) is 0 Å². The molecule has 0 bridgehead atoms. The van der Waals surface area contributed by atoms with Crippen LogP contribution in [-0.2, 0) is 20.4 Å². The highest BCUT2D eigenvalue weighted by Gasteiger charge is 2.46. The number of hydrogen-bond acceptors (Lipinski definition) is 4. The molecule has 0 aliphatic rings. The second-order valence-electron chi connectivity index (χ2n) is 1.65. The molecule has 0 aliphatic carbocycles. The van der Waals surface area contributed by atoms with E-state index in [2.05, 4.69) is 0 Å². The average molecular weight is 230 g/mol. The summed E-state index contributed by atoms with van der Waals surface area (Å²) in [5, 5.41) is 0. The van der Waals surface area contributed by atoms with Crippen LogP contribution in [0.4, 0.5) is 16.6 Å². The minimum atomic E-state index is -6.13. The van der Waals surface area contributed by atoms with Gasteiger partial charge in [0.25, 0.3) is 11.0 Å². The van der Waals surface area contributed by atoms with Crippen molar-refractivity contribution in [2.24, 2.45) is 0 Å². The van der Waals surface area contributed by atoms with Crippen LogP contribution in [0.5, 0.6) is 0 Å². The molecule has 0 N–H and O–H groups in total. The van der Waals surface area contributed by atoms with Gasteiger partial charge in [0.15, 0.2) is 0 Å². The van der Waals surface area contributed by atoms with Crippen LogP contribution >= 0.6 is 0 Å². The summed E-state index contributed by atoms with van der Waals surface area (Å²) >= 11 is 0. The third-order valence-electron chi connectivity index (χ3n) is 0.761. The van der Waals surface area contributed by atoms with Crippen LogP contribution in [0.25, 0.3) is 0 Å². The SMILES string of the molecule is O=S(=O)(F)C(C(F)F)S(=O)(=O)F. The van der Waals surface area contributed by atoms with Gasteiger partial charge in [-0.2, -0.15) is 16.8 Å². The standard InChI is InChI=1S/C2H2F4O4S2/c3-1(4)2(11(5,7)8)12(6,9)10/h1-2H. The van der Waals surface area contributed by atoms with E-state index < -0.39 is 31.5 Å². The maximum absolute atomic E-state index is 11.7. The minimum Gasteiger partial charge on any atom is -0.208 e. The lowest BCUT2D eigenvalue weighted by atomic mass is 10.8. The first-order valence-electron chi connectivity index (χ1n) is 2.22. The van der Waals surface area contributed by atoms with Gasteiger partial charge in [-0.15, -0.1) is 7.77 Å². The predicted molar refractivity (Wildman–Crippen MR) is 29.8 cm³/mol. The van der Waals surface area contributed by atoms with Crippen molar-refractivity contribution in [1.29, 1.82) is 0 Å². The Balaban J connectivity index is 5.26. The molecule has 0 aromatic carbocycles. The Labute approximate surface area is 65.6 Å². The molecule has 4 nitrogen and oxygen atoms in total. The Morgan fingerprint density at radius 2 is 1.08 bits per heavy atom. The van der Waals surface area contributed by atoms with Crippen molar-refractivity contribution in [3.8, 4) is 0 Å². The summed E-state index contributed by atoms with van der Waals surface area (Å²) in [4.78, 5) is 0. The van der Waals surface area contributed by atoms with Gasteiger partial charge in [-0.05, 0) is 0 Å². The maximum atomic E-state index is 11.7. The van der Waals surface area contributed by atoms with Crippen LogP contribution in [0.15, 0.2) is 0 Å². The van der Waals surface area contributed by atoms with E-state index in [1.165, 1.54) is 0 Å². The third kappa shape index (κ3) is 2.93. The van der Waals surface area contributed by atoms with E-state index in [0.717, 1.165) is 0 Å². The van der Waals surface area contributed by atoms with Crippen molar-refractivity contribution in [3.05, 3.63) is 0 Å². The number of hydrogen-bond donors (Lipinski definition) is 0. The van der Waals surface area contributed by atoms with Crippen LogP contribution < -0.4 is 0 Å². The monoisotopic (exact) mass is 230 g/mol. The van der Waals surface area contributed by atoms with Gasteiger partial charge in [0, 0.05) is 0 Å². The van der Waals surface area contributed by atoms with Crippen molar-refractivity contribution in [2.75, 3.05) is 0 Å². The topological polar surface area (TPSA) is 68.3 Å². The normalized spacial score (nSPS) is 14.2. The fraction of sp³-hybridized carbons (Fsp3) is 1.00. The van der Waals surface area contributed by atoms with E-state index in [-0.39, 0.29) is 0 Å². The van der Waals surface area contributed by atoms with Gasteiger partial charge >= 0.3 is 20.4 Å². The molecule has 0 amide bonds. The lowest BCUT2D eigenvalue weighted by molar-refractivity contribution is 0.159. The molecular formula is C2H2F4O4S2. The van der Waals surface area contributed by atoms with Gasteiger partial charge in [-0.3, -0.25) is 0 Å². The first-order valence-corrected chi connectivity index (χ1v) is 5.11. The molecule has 0 rings (SSSR count). The van der Waals surface area contributed by atoms with Gasteiger partial charge in [-0.25, -0.2) is 8.78 Å². The highest BCUT2D eigenvalue weighted by Crippen LogP contribution is 2.20. The molecule has 0 atom stereocenters. The first-order chi connectivity index (χ1) is 5.07. The molecule has 0 saturated heterocycles. The number of alkyl halides is 2. The molecule has 0 saturated carbocycles. The molecule has 0 unspecified atom stereocenters. The van der Waals surface area contributed by atoms with Crippen molar-refractivity contribution in [1.82, 2.24) is 0 Å². The highest BCUT2D eigenvalue weighted by atomic mass is 32.3.